The Kier molecular flexibility index (Phi) is 6.32. The van der Waals surface area contributed by atoms with Crippen molar-refractivity contribution in [2.75, 3.05) is 5.33 Å². The molecule has 0 spiro atoms. The van der Waals surface area contributed by atoms with Crippen LogP contribution in [0.5, 0.6) is 0 Å². The summed E-state index contributed by atoms with van der Waals surface area (Å²) in [6, 6.07) is 5.22. The van der Waals surface area contributed by atoms with E-state index in [-0.39, 0.29) is 5.82 Å². The largest absolute Gasteiger partial charge is 0.310 e. The lowest BCUT2D eigenvalue weighted by molar-refractivity contribution is 0.478. The number of halogens is 3. The molecule has 0 aromatic heterocycles. The van der Waals surface area contributed by atoms with Crippen LogP contribution in [-0.2, 0) is 6.54 Å². The van der Waals surface area contributed by atoms with E-state index in [4.69, 9.17) is 11.6 Å². The minimum atomic E-state index is -0.242. The van der Waals surface area contributed by atoms with E-state index in [0.717, 1.165) is 18.2 Å². The van der Waals surface area contributed by atoms with E-state index in [1.54, 1.807) is 12.1 Å². The van der Waals surface area contributed by atoms with Crippen molar-refractivity contribution in [2.45, 2.75) is 32.4 Å². The van der Waals surface area contributed by atoms with Gasteiger partial charge in [0.2, 0.25) is 0 Å². The van der Waals surface area contributed by atoms with E-state index in [2.05, 4.69) is 28.2 Å². The SMILES string of the molecule is CCC(CCBr)NCc1ccc(Cl)cc1F. The molecule has 4 heteroatoms. The van der Waals surface area contributed by atoms with Crippen LogP contribution < -0.4 is 5.32 Å². The van der Waals surface area contributed by atoms with E-state index in [1.807, 2.05) is 0 Å². The molecule has 1 atom stereocenters. The summed E-state index contributed by atoms with van der Waals surface area (Å²) < 4.78 is 13.5. The molecule has 0 aliphatic rings. The third-order valence-electron chi connectivity index (χ3n) is 2.55. The molecule has 0 saturated carbocycles. The second-order valence-electron chi connectivity index (χ2n) is 3.70. The fourth-order valence-corrected chi connectivity index (χ4v) is 2.21. The highest BCUT2D eigenvalue weighted by Gasteiger charge is 2.07. The summed E-state index contributed by atoms with van der Waals surface area (Å²) in [4.78, 5) is 0. The Morgan fingerprint density at radius 1 is 1.50 bits per heavy atom. The van der Waals surface area contributed by atoms with Crippen LogP contribution in [0.25, 0.3) is 0 Å². The van der Waals surface area contributed by atoms with Gasteiger partial charge in [0, 0.05) is 28.5 Å². The van der Waals surface area contributed by atoms with Gasteiger partial charge in [0.05, 0.1) is 0 Å². The molecule has 0 aliphatic carbocycles. The van der Waals surface area contributed by atoms with E-state index in [9.17, 15) is 4.39 Å². The molecule has 90 valence electrons. The zero-order chi connectivity index (χ0) is 12.0. The molecule has 16 heavy (non-hydrogen) atoms. The zero-order valence-corrected chi connectivity index (χ0v) is 11.6. The fourth-order valence-electron chi connectivity index (χ4n) is 1.50. The molecule has 1 aromatic carbocycles. The molecule has 1 rings (SSSR count). The van der Waals surface area contributed by atoms with Crippen LogP contribution in [0.2, 0.25) is 5.02 Å². The van der Waals surface area contributed by atoms with Crippen molar-refractivity contribution in [3.63, 3.8) is 0 Å². The lowest BCUT2D eigenvalue weighted by Crippen LogP contribution is -2.28. The first-order chi connectivity index (χ1) is 7.67. The second kappa shape index (κ2) is 7.25. The maximum absolute atomic E-state index is 13.5. The predicted molar refractivity (Wildman–Crippen MR) is 70.7 cm³/mol. The van der Waals surface area contributed by atoms with Crippen molar-refractivity contribution in [3.8, 4) is 0 Å². The van der Waals surface area contributed by atoms with Crippen molar-refractivity contribution in [1.82, 2.24) is 5.32 Å². The minimum Gasteiger partial charge on any atom is -0.310 e. The van der Waals surface area contributed by atoms with Crippen LogP contribution in [0.15, 0.2) is 18.2 Å². The van der Waals surface area contributed by atoms with Crippen LogP contribution >= 0.6 is 27.5 Å². The third-order valence-corrected chi connectivity index (χ3v) is 3.24. The van der Waals surface area contributed by atoms with Gasteiger partial charge in [-0.25, -0.2) is 4.39 Å². The number of hydrogen-bond acceptors (Lipinski definition) is 1. The van der Waals surface area contributed by atoms with Gasteiger partial charge in [-0.05, 0) is 25.0 Å². The smallest absolute Gasteiger partial charge is 0.129 e. The summed E-state index contributed by atoms with van der Waals surface area (Å²) in [7, 11) is 0. The highest BCUT2D eigenvalue weighted by Crippen LogP contribution is 2.14. The van der Waals surface area contributed by atoms with E-state index >= 15 is 0 Å². The normalized spacial score (nSPS) is 12.8. The van der Waals surface area contributed by atoms with Crippen molar-refractivity contribution >= 4 is 27.5 Å². The standard InChI is InChI=1S/C12H16BrClFN/c1-2-11(5-6-13)16-8-9-3-4-10(14)7-12(9)15/h3-4,7,11,16H,2,5-6,8H2,1H3. The van der Waals surface area contributed by atoms with Crippen LogP contribution in [0, 0.1) is 5.82 Å². The summed E-state index contributed by atoms with van der Waals surface area (Å²) >= 11 is 9.10. The maximum Gasteiger partial charge on any atom is 0.129 e. The van der Waals surface area contributed by atoms with Crippen molar-refractivity contribution < 1.29 is 4.39 Å². The topological polar surface area (TPSA) is 12.0 Å². The van der Waals surface area contributed by atoms with Gasteiger partial charge >= 0.3 is 0 Å². The van der Waals surface area contributed by atoms with E-state index in [1.165, 1.54) is 6.07 Å². The number of alkyl halides is 1. The van der Waals surface area contributed by atoms with Gasteiger partial charge in [-0.15, -0.1) is 0 Å². The van der Waals surface area contributed by atoms with E-state index in [0.29, 0.717) is 23.2 Å². The highest BCUT2D eigenvalue weighted by molar-refractivity contribution is 9.09. The summed E-state index contributed by atoms with van der Waals surface area (Å²) in [6.45, 7) is 2.67. The van der Waals surface area contributed by atoms with Crippen molar-refractivity contribution in [1.29, 1.82) is 0 Å². The average Bonchev–Trinajstić information content (AvgIpc) is 2.26. The molecule has 0 radical (unpaired) electrons. The first kappa shape index (κ1) is 13.9. The molecular formula is C12H16BrClFN. The number of rotatable bonds is 6. The highest BCUT2D eigenvalue weighted by atomic mass is 79.9. The minimum absolute atomic E-state index is 0.242. The van der Waals surface area contributed by atoms with Gasteiger partial charge in [0.25, 0.3) is 0 Å². The van der Waals surface area contributed by atoms with Gasteiger partial charge in [0.1, 0.15) is 5.82 Å². The Morgan fingerprint density at radius 3 is 2.81 bits per heavy atom. The molecule has 0 bridgehead atoms. The average molecular weight is 309 g/mol. The Labute approximate surface area is 110 Å². The molecular weight excluding hydrogens is 292 g/mol. The van der Waals surface area contributed by atoms with Crippen LogP contribution in [-0.4, -0.2) is 11.4 Å². The molecule has 0 fully saturated rings. The van der Waals surface area contributed by atoms with Crippen molar-refractivity contribution in [2.24, 2.45) is 0 Å². The van der Waals surface area contributed by atoms with Crippen molar-refractivity contribution in [3.05, 3.63) is 34.6 Å². The summed E-state index contributed by atoms with van der Waals surface area (Å²) in [5, 5.41) is 4.73. The van der Waals surface area contributed by atoms with Gasteiger partial charge in [-0.1, -0.05) is 40.5 Å². The third kappa shape index (κ3) is 4.40. The fraction of sp³-hybridized carbons (Fsp3) is 0.500. The summed E-state index contributed by atoms with van der Waals surface area (Å²) in [5.41, 5.74) is 0.664. The number of hydrogen-bond donors (Lipinski definition) is 1. The second-order valence-corrected chi connectivity index (χ2v) is 4.93. The van der Waals surface area contributed by atoms with Crippen LogP contribution in [0.4, 0.5) is 4.39 Å². The van der Waals surface area contributed by atoms with Crippen LogP contribution in [0.3, 0.4) is 0 Å². The van der Waals surface area contributed by atoms with Gasteiger partial charge in [-0.2, -0.15) is 0 Å². The Balaban J connectivity index is 2.53. The van der Waals surface area contributed by atoms with Crippen LogP contribution in [0.1, 0.15) is 25.3 Å². The quantitative estimate of drug-likeness (QED) is 0.779. The summed E-state index contributed by atoms with van der Waals surface area (Å²) in [6.07, 6.45) is 2.09. The van der Waals surface area contributed by atoms with Gasteiger partial charge < -0.3 is 5.32 Å². The predicted octanol–water partition coefficient (Wildman–Crippen LogP) is 4.13. The lowest BCUT2D eigenvalue weighted by atomic mass is 10.1. The molecule has 1 unspecified atom stereocenters. The molecule has 1 nitrogen and oxygen atoms in total. The molecule has 0 amide bonds. The molecule has 1 aromatic rings. The maximum atomic E-state index is 13.5. The first-order valence-electron chi connectivity index (χ1n) is 5.40. The monoisotopic (exact) mass is 307 g/mol. The molecule has 0 saturated heterocycles. The number of nitrogens with one attached hydrogen (secondary N) is 1. The Morgan fingerprint density at radius 2 is 2.25 bits per heavy atom. The first-order valence-corrected chi connectivity index (χ1v) is 6.90. The van der Waals surface area contributed by atoms with Gasteiger partial charge in [0.15, 0.2) is 0 Å². The number of benzene rings is 1. The lowest BCUT2D eigenvalue weighted by Gasteiger charge is -2.15. The Bertz CT molecular complexity index is 333. The van der Waals surface area contributed by atoms with E-state index < -0.39 is 0 Å². The molecule has 0 aliphatic heterocycles. The molecule has 1 N–H and O–H groups in total. The molecule has 0 heterocycles. The Hall–Kier alpha value is -0.120. The zero-order valence-electron chi connectivity index (χ0n) is 9.27. The summed E-state index contributed by atoms with van der Waals surface area (Å²) in [5.74, 6) is -0.242. The van der Waals surface area contributed by atoms with Gasteiger partial charge in [-0.3, -0.25) is 0 Å².